The van der Waals surface area contributed by atoms with Crippen molar-refractivity contribution in [2.24, 2.45) is 7.05 Å². The fourth-order valence-corrected chi connectivity index (χ4v) is 2.15. The highest BCUT2D eigenvalue weighted by molar-refractivity contribution is 6.56. The average Bonchev–Trinajstić information content (AvgIpc) is 2.86. The summed E-state index contributed by atoms with van der Waals surface area (Å²) in [5, 5.41) is 6.96. The van der Waals surface area contributed by atoms with Gasteiger partial charge in [0.2, 0.25) is 5.91 Å². The molecule has 1 aromatic rings. The summed E-state index contributed by atoms with van der Waals surface area (Å²) < 4.78 is 13.9. The molecule has 2 heterocycles. The molecule has 0 saturated carbocycles. The van der Waals surface area contributed by atoms with E-state index in [1.54, 1.807) is 10.9 Å². The van der Waals surface area contributed by atoms with Crippen molar-refractivity contribution < 1.29 is 14.1 Å². The summed E-state index contributed by atoms with van der Waals surface area (Å²) in [5.41, 5.74) is 0.975. The second-order valence-corrected chi connectivity index (χ2v) is 6.66. The number of aryl methyl sites for hydroxylation is 1. The first-order chi connectivity index (χ1) is 10.1. The first-order valence-corrected chi connectivity index (χ1v) is 7.40. The lowest BCUT2D eigenvalue weighted by Gasteiger charge is -2.32. The van der Waals surface area contributed by atoms with Crippen LogP contribution in [0.1, 0.15) is 40.2 Å². The number of hydrogen-bond acceptors (Lipinski definition) is 4. The molecule has 1 saturated heterocycles. The molecule has 120 valence electrons. The third-order valence-electron chi connectivity index (χ3n) is 4.17. The van der Waals surface area contributed by atoms with E-state index in [9.17, 15) is 4.79 Å². The first kappa shape index (κ1) is 16.8. The van der Waals surface area contributed by atoms with Crippen LogP contribution in [0.2, 0.25) is 0 Å². The highest BCUT2D eigenvalue weighted by Crippen LogP contribution is 2.38. The Hall–Kier alpha value is -1.60. The van der Waals surface area contributed by atoms with E-state index < -0.39 is 18.3 Å². The zero-order chi connectivity index (χ0) is 16.5. The van der Waals surface area contributed by atoms with E-state index in [0.29, 0.717) is 6.54 Å². The van der Waals surface area contributed by atoms with Gasteiger partial charge in [-0.15, -0.1) is 0 Å². The molecule has 1 fully saturated rings. The zero-order valence-corrected chi connectivity index (χ0v) is 14.1. The van der Waals surface area contributed by atoms with Crippen LogP contribution in [0.5, 0.6) is 0 Å². The van der Waals surface area contributed by atoms with Gasteiger partial charge < -0.3 is 14.6 Å². The smallest absolute Gasteiger partial charge is 0.400 e. The molecule has 0 bridgehead atoms. The van der Waals surface area contributed by atoms with Crippen molar-refractivity contribution in [3.63, 3.8) is 0 Å². The minimum atomic E-state index is -0.489. The maximum atomic E-state index is 11.2. The minimum Gasteiger partial charge on any atom is -0.400 e. The highest BCUT2D eigenvalue weighted by atomic mass is 16.7. The molecule has 0 aromatic carbocycles. The van der Waals surface area contributed by atoms with E-state index >= 15 is 0 Å². The molecule has 0 radical (unpaired) electrons. The molecule has 0 aliphatic carbocycles. The van der Waals surface area contributed by atoms with Crippen molar-refractivity contribution in [2.75, 3.05) is 6.54 Å². The Morgan fingerprint density at radius 2 is 1.95 bits per heavy atom. The molecule has 2 rings (SSSR count). The predicted octanol–water partition coefficient (Wildman–Crippen LogP) is 1.57. The normalized spacial score (nSPS) is 20.3. The molecule has 1 N–H and O–H groups in total. The molecule has 1 aliphatic heterocycles. The zero-order valence-electron chi connectivity index (χ0n) is 14.1. The van der Waals surface area contributed by atoms with E-state index in [0.717, 1.165) is 11.0 Å². The second-order valence-electron chi connectivity index (χ2n) is 6.66. The summed E-state index contributed by atoms with van der Waals surface area (Å²) in [6, 6.07) is 0. The van der Waals surface area contributed by atoms with Crippen molar-refractivity contribution in [1.82, 2.24) is 15.1 Å². The largest absolute Gasteiger partial charge is 0.492 e. The number of nitrogens with zero attached hydrogens (tertiary/aromatic N) is 2. The Kier molecular flexibility index (Phi) is 4.49. The van der Waals surface area contributed by atoms with Crippen LogP contribution in [0, 0.1) is 0 Å². The van der Waals surface area contributed by atoms with E-state index in [1.807, 2.05) is 47.0 Å². The van der Waals surface area contributed by atoms with Crippen LogP contribution >= 0.6 is 0 Å². The average molecular weight is 305 g/mol. The summed E-state index contributed by atoms with van der Waals surface area (Å²) in [4.78, 5) is 11.2. The van der Waals surface area contributed by atoms with Crippen LogP contribution in [0.3, 0.4) is 0 Å². The van der Waals surface area contributed by atoms with E-state index in [2.05, 4.69) is 10.4 Å². The van der Waals surface area contributed by atoms with E-state index in [4.69, 9.17) is 9.31 Å². The Balaban J connectivity index is 2.25. The lowest BCUT2D eigenvalue weighted by molar-refractivity contribution is -0.118. The maximum absolute atomic E-state index is 11.2. The van der Waals surface area contributed by atoms with Crippen molar-refractivity contribution >= 4 is 19.1 Å². The molecule has 0 unspecified atom stereocenters. The molecule has 1 amide bonds. The maximum Gasteiger partial charge on any atom is 0.492 e. The molecule has 6 nitrogen and oxygen atoms in total. The standard InChI is InChI=1S/C15H24BN3O3/c1-11(20)17-9-13(7-12-8-18-19(6)10-12)16-21-14(2,3)15(4,5)22-16/h7-8,10H,9H2,1-6H3,(H,17,20). The number of rotatable bonds is 4. The van der Waals surface area contributed by atoms with Crippen LogP contribution in [0.15, 0.2) is 17.9 Å². The first-order valence-electron chi connectivity index (χ1n) is 7.40. The third-order valence-corrected chi connectivity index (χ3v) is 4.17. The number of nitrogens with one attached hydrogen (secondary N) is 1. The lowest BCUT2D eigenvalue weighted by Crippen LogP contribution is -2.41. The lowest BCUT2D eigenvalue weighted by atomic mass is 9.77. The van der Waals surface area contributed by atoms with Gasteiger partial charge in [-0.25, -0.2) is 0 Å². The van der Waals surface area contributed by atoms with Gasteiger partial charge in [0, 0.05) is 32.3 Å². The van der Waals surface area contributed by atoms with Gasteiger partial charge in [0.15, 0.2) is 0 Å². The topological polar surface area (TPSA) is 65.4 Å². The number of amides is 1. The van der Waals surface area contributed by atoms with Crippen molar-refractivity contribution in [2.45, 2.75) is 45.8 Å². The van der Waals surface area contributed by atoms with Gasteiger partial charge in [0.25, 0.3) is 0 Å². The van der Waals surface area contributed by atoms with Gasteiger partial charge in [0.1, 0.15) is 0 Å². The Bertz CT molecular complexity index is 577. The summed E-state index contributed by atoms with van der Waals surface area (Å²) >= 11 is 0. The summed E-state index contributed by atoms with van der Waals surface area (Å²) in [6.45, 7) is 9.90. The molecular weight excluding hydrogens is 281 g/mol. The van der Waals surface area contributed by atoms with Crippen LogP contribution in [0.4, 0.5) is 0 Å². The molecule has 1 aliphatic rings. The van der Waals surface area contributed by atoms with Crippen LogP contribution in [-0.2, 0) is 21.2 Å². The van der Waals surface area contributed by atoms with Crippen molar-refractivity contribution in [3.8, 4) is 0 Å². The van der Waals surface area contributed by atoms with Gasteiger partial charge in [-0.3, -0.25) is 9.48 Å². The van der Waals surface area contributed by atoms with Crippen LogP contribution in [0.25, 0.3) is 6.08 Å². The molecular formula is C15H24BN3O3. The number of aromatic nitrogens is 2. The molecule has 7 heteroatoms. The molecule has 0 spiro atoms. The van der Waals surface area contributed by atoms with Gasteiger partial charge in [0.05, 0.1) is 17.4 Å². The Labute approximate surface area is 132 Å². The number of hydrogen-bond donors (Lipinski definition) is 1. The number of carbonyl (C=O) groups excluding carboxylic acids is 1. The van der Waals surface area contributed by atoms with Gasteiger partial charge in [-0.1, -0.05) is 6.08 Å². The van der Waals surface area contributed by atoms with E-state index in [1.165, 1.54) is 6.92 Å². The summed E-state index contributed by atoms with van der Waals surface area (Å²) in [7, 11) is 1.37. The monoisotopic (exact) mass is 305 g/mol. The van der Waals surface area contributed by atoms with E-state index in [-0.39, 0.29) is 5.91 Å². The Morgan fingerprint density at radius 1 is 1.36 bits per heavy atom. The predicted molar refractivity (Wildman–Crippen MR) is 86.0 cm³/mol. The molecule has 0 atom stereocenters. The van der Waals surface area contributed by atoms with Crippen molar-refractivity contribution in [3.05, 3.63) is 23.4 Å². The molecule has 1 aromatic heterocycles. The minimum absolute atomic E-state index is 0.0893. The quantitative estimate of drug-likeness (QED) is 0.858. The van der Waals surface area contributed by atoms with Gasteiger partial charge >= 0.3 is 7.12 Å². The fourth-order valence-electron chi connectivity index (χ4n) is 2.15. The SMILES string of the molecule is CC(=O)NCC(=Cc1cnn(C)c1)B1OC(C)(C)C(C)(C)O1. The van der Waals surface area contributed by atoms with Crippen LogP contribution < -0.4 is 5.32 Å². The summed E-state index contributed by atoms with van der Waals surface area (Å²) in [5.74, 6) is -0.0893. The Morgan fingerprint density at radius 3 is 2.41 bits per heavy atom. The third kappa shape index (κ3) is 3.59. The highest BCUT2D eigenvalue weighted by Gasteiger charge is 2.52. The summed E-state index contributed by atoms with van der Waals surface area (Å²) in [6.07, 6.45) is 5.61. The molecule has 22 heavy (non-hydrogen) atoms. The van der Waals surface area contributed by atoms with Crippen LogP contribution in [-0.4, -0.2) is 40.6 Å². The van der Waals surface area contributed by atoms with Gasteiger partial charge in [-0.05, 0) is 33.2 Å². The second kappa shape index (κ2) is 5.89. The number of carbonyl (C=O) groups is 1. The van der Waals surface area contributed by atoms with Crippen molar-refractivity contribution in [1.29, 1.82) is 0 Å². The van der Waals surface area contributed by atoms with Gasteiger partial charge in [-0.2, -0.15) is 5.10 Å². The fraction of sp³-hybridized carbons (Fsp3) is 0.600.